The fourth-order valence-corrected chi connectivity index (χ4v) is 4.70. The first-order valence-electron chi connectivity index (χ1n) is 10.9. The van der Waals surface area contributed by atoms with Gasteiger partial charge in [-0.2, -0.15) is 0 Å². The van der Waals surface area contributed by atoms with Gasteiger partial charge in [0.05, 0.1) is 12.1 Å². The van der Waals surface area contributed by atoms with E-state index >= 15 is 0 Å². The second-order valence-corrected chi connectivity index (χ2v) is 8.54. The van der Waals surface area contributed by atoms with Gasteiger partial charge >= 0.3 is 0 Å². The highest BCUT2D eigenvalue weighted by atomic mass is 16.2. The number of hydrogen-bond acceptors (Lipinski definition) is 4. The summed E-state index contributed by atoms with van der Waals surface area (Å²) in [6.07, 6.45) is 4.24. The highest BCUT2D eigenvalue weighted by molar-refractivity contribution is 6.35. The van der Waals surface area contributed by atoms with Crippen LogP contribution >= 0.6 is 0 Å². The van der Waals surface area contributed by atoms with Gasteiger partial charge in [0, 0.05) is 25.5 Å². The fourth-order valence-electron chi connectivity index (χ4n) is 4.70. The summed E-state index contributed by atoms with van der Waals surface area (Å²) in [6, 6.07) is 18.1. The lowest BCUT2D eigenvalue weighted by molar-refractivity contribution is -0.138. The molecule has 32 heavy (non-hydrogen) atoms. The highest BCUT2D eigenvalue weighted by Crippen LogP contribution is 2.36. The van der Waals surface area contributed by atoms with Crippen LogP contribution in [0.3, 0.4) is 0 Å². The molecular weight excluding hydrogens is 398 g/mol. The number of fused-ring (bicyclic) bond motifs is 1. The lowest BCUT2D eigenvalue weighted by Crippen LogP contribution is -2.37. The highest BCUT2D eigenvalue weighted by Gasteiger charge is 2.42. The normalized spacial score (nSPS) is 16.1. The third-order valence-corrected chi connectivity index (χ3v) is 6.31. The van der Waals surface area contributed by atoms with E-state index in [1.807, 2.05) is 44.2 Å². The van der Waals surface area contributed by atoms with Gasteiger partial charge in [0.15, 0.2) is 0 Å². The van der Waals surface area contributed by atoms with E-state index in [-0.39, 0.29) is 18.4 Å². The van der Waals surface area contributed by atoms with E-state index in [2.05, 4.69) is 34.1 Å². The van der Waals surface area contributed by atoms with Crippen LogP contribution in [-0.4, -0.2) is 33.1 Å². The van der Waals surface area contributed by atoms with Gasteiger partial charge in [-0.05, 0) is 54.2 Å². The molecule has 160 valence electrons. The number of aryl methyl sites for hydroxylation is 2. The number of imide groups is 1. The molecule has 5 heteroatoms. The van der Waals surface area contributed by atoms with Crippen molar-refractivity contribution in [3.8, 4) is 0 Å². The van der Waals surface area contributed by atoms with Crippen molar-refractivity contribution in [2.75, 3.05) is 6.54 Å². The Kier molecular flexibility index (Phi) is 5.10. The zero-order valence-corrected chi connectivity index (χ0v) is 18.3. The minimum atomic E-state index is -0.236. The van der Waals surface area contributed by atoms with Gasteiger partial charge in [0.1, 0.15) is 5.70 Å². The summed E-state index contributed by atoms with van der Waals surface area (Å²) in [5.74, 6) is -0.465. The van der Waals surface area contributed by atoms with Gasteiger partial charge in [0.2, 0.25) is 0 Å². The molecule has 0 radical (unpaired) electrons. The minimum absolute atomic E-state index is 0.216. The predicted octanol–water partition coefficient (Wildman–Crippen LogP) is 4.04. The molecule has 0 unspecified atom stereocenters. The summed E-state index contributed by atoms with van der Waals surface area (Å²) < 4.78 is 0. The van der Waals surface area contributed by atoms with Gasteiger partial charge < -0.3 is 4.90 Å². The number of nitrogens with zero attached hydrogens (tertiary/aromatic N) is 3. The van der Waals surface area contributed by atoms with E-state index in [1.54, 1.807) is 12.4 Å². The molecule has 0 N–H and O–H groups in total. The van der Waals surface area contributed by atoms with E-state index in [4.69, 9.17) is 0 Å². The zero-order valence-electron chi connectivity index (χ0n) is 18.3. The Morgan fingerprint density at radius 3 is 2.50 bits per heavy atom. The van der Waals surface area contributed by atoms with Crippen molar-refractivity contribution in [1.29, 1.82) is 0 Å². The Labute approximate surface area is 188 Å². The number of amides is 2. The summed E-state index contributed by atoms with van der Waals surface area (Å²) in [6.45, 7) is 5.58. The largest absolute Gasteiger partial charge is 0.362 e. The predicted molar refractivity (Wildman–Crippen MR) is 123 cm³/mol. The average Bonchev–Trinajstić information content (AvgIpc) is 3.04. The van der Waals surface area contributed by atoms with Crippen LogP contribution in [0.4, 0.5) is 0 Å². The molecule has 2 amide bonds. The number of aromatic nitrogens is 1. The fraction of sp³-hybridized carbons (Fsp3) is 0.222. The van der Waals surface area contributed by atoms with E-state index in [0.29, 0.717) is 24.4 Å². The molecule has 3 aromatic rings. The lowest BCUT2D eigenvalue weighted by Gasteiger charge is -2.31. The topological polar surface area (TPSA) is 53.5 Å². The Morgan fingerprint density at radius 1 is 0.938 bits per heavy atom. The average molecular weight is 424 g/mol. The van der Waals surface area contributed by atoms with Crippen LogP contribution in [-0.2, 0) is 29.1 Å². The SMILES string of the molecule is Cc1ccc(C2=C(N3CCc4ccccc4C3)C(=O)N(Cc3cccnc3)C2=O)c(C)c1. The van der Waals surface area contributed by atoms with Gasteiger partial charge in [-0.3, -0.25) is 19.5 Å². The van der Waals surface area contributed by atoms with Gasteiger partial charge in [-0.25, -0.2) is 0 Å². The van der Waals surface area contributed by atoms with E-state index in [9.17, 15) is 9.59 Å². The maximum absolute atomic E-state index is 13.7. The molecule has 1 aromatic heterocycles. The first kappa shape index (κ1) is 20.2. The molecule has 0 atom stereocenters. The van der Waals surface area contributed by atoms with Crippen LogP contribution < -0.4 is 0 Å². The number of carbonyl (C=O) groups excluding carboxylic acids is 2. The molecule has 2 aliphatic rings. The van der Waals surface area contributed by atoms with Gasteiger partial charge in [0.25, 0.3) is 11.8 Å². The Bertz CT molecular complexity index is 1250. The van der Waals surface area contributed by atoms with Crippen molar-refractivity contribution in [1.82, 2.24) is 14.8 Å². The third kappa shape index (κ3) is 3.50. The first-order valence-corrected chi connectivity index (χ1v) is 10.9. The molecule has 5 rings (SSSR count). The van der Waals surface area contributed by atoms with E-state index < -0.39 is 0 Å². The standard InChI is InChI=1S/C27H25N3O2/c1-18-9-10-23(19(2)14-18)24-25(29-13-11-21-7-3-4-8-22(21)17-29)27(32)30(26(24)31)16-20-6-5-12-28-15-20/h3-10,12,14-15H,11,13,16-17H2,1-2H3. The van der Waals surface area contributed by atoms with Gasteiger partial charge in [-0.15, -0.1) is 0 Å². The molecular formula is C27H25N3O2. The molecule has 0 fully saturated rings. The summed E-state index contributed by atoms with van der Waals surface area (Å²) in [5, 5.41) is 0. The van der Waals surface area contributed by atoms with Crippen LogP contribution in [0.5, 0.6) is 0 Å². The van der Waals surface area contributed by atoms with Crippen molar-refractivity contribution < 1.29 is 9.59 Å². The molecule has 3 heterocycles. The molecule has 0 saturated heterocycles. The van der Waals surface area contributed by atoms with Crippen LogP contribution in [0.15, 0.2) is 72.7 Å². The molecule has 2 aliphatic heterocycles. The lowest BCUT2D eigenvalue weighted by atomic mass is 9.95. The van der Waals surface area contributed by atoms with Gasteiger partial charge in [-0.1, -0.05) is 54.1 Å². The summed E-state index contributed by atoms with van der Waals surface area (Å²) in [4.78, 5) is 34.9. The van der Waals surface area contributed by atoms with Crippen molar-refractivity contribution in [3.05, 3.63) is 106 Å². The van der Waals surface area contributed by atoms with Crippen molar-refractivity contribution >= 4 is 17.4 Å². The quantitative estimate of drug-likeness (QED) is 0.595. The van der Waals surface area contributed by atoms with Crippen LogP contribution in [0.1, 0.15) is 33.4 Å². The number of rotatable bonds is 4. The third-order valence-electron chi connectivity index (χ3n) is 6.31. The summed E-state index contributed by atoms with van der Waals surface area (Å²) in [7, 11) is 0. The Balaban J connectivity index is 1.59. The smallest absolute Gasteiger partial charge is 0.278 e. The van der Waals surface area contributed by atoms with Crippen LogP contribution in [0.25, 0.3) is 5.57 Å². The number of benzene rings is 2. The second kappa shape index (κ2) is 8.08. The Hall–Kier alpha value is -3.73. The summed E-state index contributed by atoms with van der Waals surface area (Å²) >= 11 is 0. The van der Waals surface area contributed by atoms with E-state index in [0.717, 1.165) is 28.7 Å². The minimum Gasteiger partial charge on any atom is -0.362 e. The van der Waals surface area contributed by atoms with Crippen molar-refractivity contribution in [3.63, 3.8) is 0 Å². The zero-order chi connectivity index (χ0) is 22.2. The molecule has 2 aromatic carbocycles. The Morgan fingerprint density at radius 2 is 1.75 bits per heavy atom. The molecule has 0 spiro atoms. The molecule has 5 nitrogen and oxygen atoms in total. The monoisotopic (exact) mass is 423 g/mol. The molecule has 0 bridgehead atoms. The maximum atomic E-state index is 13.7. The van der Waals surface area contributed by atoms with Crippen molar-refractivity contribution in [2.45, 2.75) is 33.4 Å². The first-order chi connectivity index (χ1) is 15.5. The van der Waals surface area contributed by atoms with E-state index in [1.165, 1.54) is 16.0 Å². The number of carbonyl (C=O) groups is 2. The second-order valence-electron chi connectivity index (χ2n) is 8.54. The number of pyridine rings is 1. The maximum Gasteiger partial charge on any atom is 0.278 e. The molecule has 0 saturated carbocycles. The van der Waals surface area contributed by atoms with Crippen LogP contribution in [0.2, 0.25) is 0 Å². The van der Waals surface area contributed by atoms with Crippen molar-refractivity contribution in [2.24, 2.45) is 0 Å². The van der Waals surface area contributed by atoms with Crippen LogP contribution in [0, 0.1) is 13.8 Å². The summed E-state index contributed by atoms with van der Waals surface area (Å²) in [5.41, 5.74) is 7.33. The number of hydrogen-bond donors (Lipinski definition) is 0. The molecule has 0 aliphatic carbocycles.